The van der Waals surface area contributed by atoms with Crippen molar-refractivity contribution in [2.75, 3.05) is 0 Å². The van der Waals surface area contributed by atoms with Crippen molar-refractivity contribution in [3.63, 3.8) is 0 Å². The topological polar surface area (TPSA) is 59.3 Å². The Balaban J connectivity index is 3.01. The van der Waals surface area contributed by atoms with Gasteiger partial charge < -0.3 is 9.67 Å². The number of aryl methyl sites for hydroxylation is 1. The van der Waals surface area contributed by atoms with Crippen LogP contribution < -0.4 is 5.43 Å². The zero-order chi connectivity index (χ0) is 9.14. The zero-order valence-electron chi connectivity index (χ0n) is 6.65. The molecule has 0 aliphatic carbocycles. The van der Waals surface area contributed by atoms with Crippen molar-refractivity contribution < 1.29 is 9.90 Å². The van der Waals surface area contributed by atoms with Crippen LogP contribution in [0.3, 0.4) is 0 Å². The quantitative estimate of drug-likeness (QED) is 0.686. The minimum absolute atomic E-state index is 0.103. The lowest BCUT2D eigenvalue weighted by Gasteiger charge is -2.05. The van der Waals surface area contributed by atoms with Crippen molar-refractivity contribution in [3.8, 4) is 0 Å². The van der Waals surface area contributed by atoms with Crippen molar-refractivity contribution in [2.24, 2.45) is 0 Å². The Morgan fingerprint density at radius 3 is 2.83 bits per heavy atom. The summed E-state index contributed by atoms with van der Waals surface area (Å²) in [4.78, 5) is 21.1. The second-order valence-electron chi connectivity index (χ2n) is 2.53. The van der Waals surface area contributed by atoms with Gasteiger partial charge in [0.1, 0.15) is 6.54 Å². The number of hydrogen-bond donors (Lipinski definition) is 1. The maximum Gasteiger partial charge on any atom is 0.323 e. The number of aliphatic carboxylic acids is 1. The lowest BCUT2D eigenvalue weighted by molar-refractivity contribution is -0.137. The standard InChI is InChI=1S/C8H9NO3/c1-6-4-7(10)2-3-9(6)5-8(11)12/h2-4H,5H2,1H3,(H,11,12). The summed E-state index contributed by atoms with van der Waals surface area (Å²) in [5.41, 5.74) is 0.555. The van der Waals surface area contributed by atoms with Gasteiger partial charge in [0.25, 0.3) is 0 Å². The van der Waals surface area contributed by atoms with Gasteiger partial charge in [0.05, 0.1) is 0 Å². The number of aromatic nitrogens is 1. The number of carboxylic acids is 1. The number of pyridine rings is 1. The number of nitrogens with zero attached hydrogens (tertiary/aromatic N) is 1. The molecule has 0 amide bonds. The van der Waals surface area contributed by atoms with Gasteiger partial charge in [0, 0.05) is 24.0 Å². The van der Waals surface area contributed by atoms with Gasteiger partial charge in [-0.25, -0.2) is 0 Å². The normalized spacial score (nSPS) is 9.75. The molecule has 0 aliphatic heterocycles. The number of rotatable bonds is 2. The van der Waals surface area contributed by atoms with E-state index in [0.29, 0.717) is 5.69 Å². The van der Waals surface area contributed by atoms with Crippen LogP contribution in [-0.4, -0.2) is 15.6 Å². The SMILES string of the molecule is Cc1cc(=O)ccn1CC(=O)O. The van der Waals surface area contributed by atoms with Crippen LogP contribution in [0.5, 0.6) is 0 Å². The third-order valence-electron chi connectivity index (χ3n) is 1.53. The van der Waals surface area contributed by atoms with Crippen molar-refractivity contribution in [2.45, 2.75) is 13.5 Å². The molecule has 1 aromatic heterocycles. The van der Waals surface area contributed by atoms with Crippen molar-refractivity contribution in [1.82, 2.24) is 4.57 Å². The van der Waals surface area contributed by atoms with Crippen LogP contribution in [0.1, 0.15) is 5.69 Å². The van der Waals surface area contributed by atoms with Gasteiger partial charge in [-0.2, -0.15) is 0 Å². The molecule has 1 N–H and O–H groups in total. The molecule has 0 unspecified atom stereocenters. The van der Waals surface area contributed by atoms with E-state index in [1.807, 2.05) is 0 Å². The summed E-state index contributed by atoms with van der Waals surface area (Å²) in [6, 6.07) is 2.75. The van der Waals surface area contributed by atoms with Gasteiger partial charge in [-0.15, -0.1) is 0 Å². The van der Waals surface area contributed by atoms with E-state index in [9.17, 15) is 9.59 Å². The summed E-state index contributed by atoms with van der Waals surface area (Å²) in [5, 5.41) is 8.46. The molecule has 0 radical (unpaired) electrons. The maximum atomic E-state index is 10.8. The molecule has 0 saturated carbocycles. The highest BCUT2D eigenvalue weighted by atomic mass is 16.4. The van der Waals surface area contributed by atoms with Gasteiger partial charge in [0.2, 0.25) is 0 Å². The molecule has 64 valence electrons. The number of carboxylic acid groups (broad SMARTS) is 1. The minimum Gasteiger partial charge on any atom is -0.480 e. The Hall–Kier alpha value is -1.58. The summed E-state index contributed by atoms with van der Waals surface area (Å²) in [7, 11) is 0. The van der Waals surface area contributed by atoms with Crippen molar-refractivity contribution >= 4 is 5.97 Å². The highest BCUT2D eigenvalue weighted by Gasteiger charge is 1.99. The van der Waals surface area contributed by atoms with Gasteiger partial charge in [-0.3, -0.25) is 9.59 Å². The Morgan fingerprint density at radius 1 is 1.67 bits per heavy atom. The molecule has 1 heterocycles. The fourth-order valence-electron chi connectivity index (χ4n) is 0.941. The molecular formula is C8H9NO3. The maximum absolute atomic E-state index is 10.8. The Bertz CT molecular complexity index is 354. The van der Waals surface area contributed by atoms with Gasteiger partial charge in [-0.05, 0) is 6.92 Å². The summed E-state index contributed by atoms with van der Waals surface area (Å²) < 4.78 is 1.50. The molecule has 1 rings (SSSR count). The number of carbonyl (C=O) groups is 1. The van der Waals surface area contributed by atoms with Crippen LogP contribution in [0, 0.1) is 6.92 Å². The molecule has 0 aliphatic rings. The van der Waals surface area contributed by atoms with E-state index >= 15 is 0 Å². The molecule has 0 saturated heterocycles. The van der Waals surface area contributed by atoms with E-state index in [-0.39, 0.29) is 12.0 Å². The molecular weight excluding hydrogens is 158 g/mol. The fraction of sp³-hybridized carbons (Fsp3) is 0.250. The molecule has 0 spiro atoms. The molecule has 4 nitrogen and oxygen atoms in total. The van der Waals surface area contributed by atoms with E-state index in [1.54, 1.807) is 6.92 Å². The third kappa shape index (κ3) is 1.95. The van der Waals surface area contributed by atoms with E-state index in [1.165, 1.54) is 22.9 Å². The first-order chi connectivity index (χ1) is 5.59. The second-order valence-corrected chi connectivity index (χ2v) is 2.53. The first-order valence-corrected chi connectivity index (χ1v) is 3.48. The van der Waals surface area contributed by atoms with E-state index in [0.717, 1.165) is 0 Å². The van der Waals surface area contributed by atoms with Crippen LogP contribution >= 0.6 is 0 Å². The summed E-state index contributed by atoms with van der Waals surface area (Å²) in [5.74, 6) is -0.915. The lowest BCUT2D eigenvalue weighted by Crippen LogP contribution is -2.14. The van der Waals surface area contributed by atoms with Crippen LogP contribution in [0.25, 0.3) is 0 Å². The second kappa shape index (κ2) is 3.21. The molecule has 0 atom stereocenters. The highest BCUT2D eigenvalue weighted by molar-refractivity contribution is 5.66. The van der Waals surface area contributed by atoms with Crippen LogP contribution in [0.2, 0.25) is 0 Å². The molecule has 0 aromatic carbocycles. The summed E-state index contributed by atoms with van der Waals surface area (Å²) >= 11 is 0. The Kier molecular flexibility index (Phi) is 2.28. The Morgan fingerprint density at radius 2 is 2.33 bits per heavy atom. The Labute approximate surface area is 69.1 Å². The predicted molar refractivity (Wildman–Crippen MR) is 43.1 cm³/mol. The predicted octanol–water partition coefficient (Wildman–Crippen LogP) is 0.241. The fourth-order valence-corrected chi connectivity index (χ4v) is 0.941. The van der Waals surface area contributed by atoms with Crippen LogP contribution in [0.15, 0.2) is 23.1 Å². The van der Waals surface area contributed by atoms with E-state index in [4.69, 9.17) is 5.11 Å². The summed E-state index contributed by atoms with van der Waals surface area (Å²) in [6.45, 7) is 1.59. The average Bonchev–Trinajstić information content (AvgIpc) is 1.94. The molecule has 0 fully saturated rings. The van der Waals surface area contributed by atoms with Crippen molar-refractivity contribution in [1.29, 1.82) is 0 Å². The molecule has 0 bridgehead atoms. The summed E-state index contributed by atoms with van der Waals surface area (Å²) in [6.07, 6.45) is 1.48. The monoisotopic (exact) mass is 167 g/mol. The van der Waals surface area contributed by atoms with Gasteiger partial charge >= 0.3 is 5.97 Å². The zero-order valence-corrected chi connectivity index (χ0v) is 6.65. The largest absolute Gasteiger partial charge is 0.480 e. The first kappa shape index (κ1) is 8.52. The smallest absolute Gasteiger partial charge is 0.323 e. The lowest BCUT2D eigenvalue weighted by atomic mass is 10.3. The van der Waals surface area contributed by atoms with Crippen LogP contribution in [0.4, 0.5) is 0 Å². The van der Waals surface area contributed by atoms with E-state index < -0.39 is 5.97 Å². The molecule has 1 aromatic rings. The highest BCUT2D eigenvalue weighted by Crippen LogP contribution is 1.93. The van der Waals surface area contributed by atoms with Gasteiger partial charge in [0.15, 0.2) is 5.43 Å². The van der Waals surface area contributed by atoms with Gasteiger partial charge in [-0.1, -0.05) is 0 Å². The number of hydrogen-bond acceptors (Lipinski definition) is 2. The minimum atomic E-state index is -0.915. The molecule has 4 heteroatoms. The third-order valence-corrected chi connectivity index (χ3v) is 1.53. The first-order valence-electron chi connectivity index (χ1n) is 3.48. The van der Waals surface area contributed by atoms with Crippen LogP contribution in [-0.2, 0) is 11.3 Å². The molecule has 12 heavy (non-hydrogen) atoms. The van der Waals surface area contributed by atoms with E-state index in [2.05, 4.69) is 0 Å². The average molecular weight is 167 g/mol. The van der Waals surface area contributed by atoms with Crippen molar-refractivity contribution in [3.05, 3.63) is 34.2 Å².